The second-order valence-electron chi connectivity index (χ2n) is 4.07. The molecule has 2 heterocycles. The van der Waals surface area contributed by atoms with Crippen LogP contribution in [-0.2, 0) is 6.54 Å². The molecule has 2 aromatic rings. The fourth-order valence-electron chi connectivity index (χ4n) is 1.76. The summed E-state index contributed by atoms with van der Waals surface area (Å²) in [5, 5.41) is 0. The average Bonchev–Trinajstić information content (AvgIpc) is 2.45. The van der Waals surface area contributed by atoms with Crippen LogP contribution in [0.3, 0.4) is 0 Å². The Morgan fingerprint density at radius 1 is 1.26 bits per heavy atom. The molecule has 2 rings (SSSR count). The van der Waals surface area contributed by atoms with Gasteiger partial charge in [0.2, 0.25) is 5.56 Å². The molecule has 0 fully saturated rings. The molecule has 0 radical (unpaired) electrons. The zero-order valence-electron chi connectivity index (χ0n) is 10.7. The van der Waals surface area contributed by atoms with E-state index in [0.29, 0.717) is 18.8 Å². The molecule has 0 aromatic carbocycles. The second-order valence-corrected chi connectivity index (χ2v) is 4.07. The molecule has 5 heteroatoms. The number of carbonyl (C=O) groups excluding carboxylic acids is 1. The average molecular weight is 257 g/mol. The van der Waals surface area contributed by atoms with Crippen molar-refractivity contribution >= 4 is 5.91 Å². The Hall–Kier alpha value is -2.43. The summed E-state index contributed by atoms with van der Waals surface area (Å²) < 4.78 is 0. The Morgan fingerprint density at radius 2 is 2.11 bits per heavy atom. The number of aromatic amines is 1. The van der Waals surface area contributed by atoms with E-state index in [0.717, 1.165) is 5.69 Å². The minimum atomic E-state index is -0.278. The van der Waals surface area contributed by atoms with Gasteiger partial charge < -0.3 is 9.88 Å². The Bertz CT molecular complexity index is 607. The molecule has 1 amide bonds. The maximum absolute atomic E-state index is 12.3. The molecule has 5 nitrogen and oxygen atoms in total. The Morgan fingerprint density at radius 3 is 2.74 bits per heavy atom. The Labute approximate surface area is 110 Å². The lowest BCUT2D eigenvalue weighted by atomic mass is 10.2. The normalized spacial score (nSPS) is 10.2. The van der Waals surface area contributed by atoms with Gasteiger partial charge in [-0.25, -0.2) is 0 Å². The molecular formula is C14H15N3O2. The number of rotatable bonds is 4. The van der Waals surface area contributed by atoms with Gasteiger partial charge in [0.1, 0.15) is 5.69 Å². The summed E-state index contributed by atoms with van der Waals surface area (Å²) >= 11 is 0. The topological polar surface area (TPSA) is 66.1 Å². The number of H-pyrrole nitrogens is 1. The van der Waals surface area contributed by atoms with E-state index in [1.54, 1.807) is 23.2 Å². The van der Waals surface area contributed by atoms with Crippen LogP contribution < -0.4 is 5.56 Å². The van der Waals surface area contributed by atoms with E-state index in [9.17, 15) is 9.59 Å². The lowest BCUT2D eigenvalue weighted by Gasteiger charge is -2.20. The predicted molar refractivity (Wildman–Crippen MR) is 71.7 cm³/mol. The van der Waals surface area contributed by atoms with Crippen molar-refractivity contribution in [1.82, 2.24) is 14.9 Å². The van der Waals surface area contributed by atoms with Crippen LogP contribution in [0.5, 0.6) is 0 Å². The number of nitrogens with zero attached hydrogens (tertiary/aromatic N) is 2. The van der Waals surface area contributed by atoms with Crippen molar-refractivity contribution in [3.63, 3.8) is 0 Å². The van der Waals surface area contributed by atoms with Crippen molar-refractivity contribution < 1.29 is 4.79 Å². The van der Waals surface area contributed by atoms with Gasteiger partial charge in [-0.05, 0) is 25.1 Å². The van der Waals surface area contributed by atoms with E-state index in [1.807, 2.05) is 25.1 Å². The second kappa shape index (κ2) is 5.95. The zero-order chi connectivity index (χ0) is 13.7. The highest BCUT2D eigenvalue weighted by atomic mass is 16.2. The summed E-state index contributed by atoms with van der Waals surface area (Å²) in [5.41, 5.74) is 0.834. The molecule has 98 valence electrons. The van der Waals surface area contributed by atoms with Crippen molar-refractivity contribution in [2.24, 2.45) is 0 Å². The first-order valence-electron chi connectivity index (χ1n) is 6.09. The third kappa shape index (κ3) is 3.28. The van der Waals surface area contributed by atoms with Crippen molar-refractivity contribution in [1.29, 1.82) is 0 Å². The molecule has 0 atom stereocenters. The molecule has 0 saturated heterocycles. The molecule has 0 spiro atoms. The first-order valence-corrected chi connectivity index (χ1v) is 6.09. The highest BCUT2D eigenvalue weighted by Gasteiger charge is 2.15. The van der Waals surface area contributed by atoms with Gasteiger partial charge in [0.05, 0.1) is 12.2 Å². The van der Waals surface area contributed by atoms with Crippen LogP contribution in [0, 0.1) is 0 Å². The SMILES string of the molecule is CCN(Cc1ccccn1)C(=O)c1cccc(=O)[nH]1. The zero-order valence-corrected chi connectivity index (χ0v) is 10.7. The maximum atomic E-state index is 12.3. The fraction of sp³-hybridized carbons (Fsp3) is 0.214. The van der Waals surface area contributed by atoms with Crippen LogP contribution in [0.4, 0.5) is 0 Å². The first-order chi connectivity index (χ1) is 9.20. The summed E-state index contributed by atoms with van der Waals surface area (Å²) in [6.07, 6.45) is 1.69. The highest BCUT2D eigenvalue weighted by Crippen LogP contribution is 2.05. The van der Waals surface area contributed by atoms with Crippen molar-refractivity contribution in [2.75, 3.05) is 6.54 Å². The number of carbonyl (C=O) groups is 1. The van der Waals surface area contributed by atoms with E-state index in [-0.39, 0.29) is 11.5 Å². The molecule has 0 unspecified atom stereocenters. The van der Waals surface area contributed by atoms with Crippen molar-refractivity contribution in [2.45, 2.75) is 13.5 Å². The smallest absolute Gasteiger partial charge is 0.270 e. The molecule has 0 bridgehead atoms. The third-order valence-corrected chi connectivity index (χ3v) is 2.75. The van der Waals surface area contributed by atoms with Gasteiger partial charge in [0.15, 0.2) is 0 Å². The molecule has 0 saturated carbocycles. The lowest BCUT2D eigenvalue weighted by Crippen LogP contribution is -2.32. The van der Waals surface area contributed by atoms with Gasteiger partial charge in [-0.1, -0.05) is 12.1 Å². The minimum Gasteiger partial charge on any atom is -0.332 e. The Balaban J connectivity index is 2.18. The third-order valence-electron chi connectivity index (χ3n) is 2.75. The quantitative estimate of drug-likeness (QED) is 0.901. The van der Waals surface area contributed by atoms with Crippen LogP contribution >= 0.6 is 0 Å². The summed E-state index contributed by atoms with van der Waals surface area (Å²) in [6, 6.07) is 10.1. The summed E-state index contributed by atoms with van der Waals surface area (Å²) in [4.78, 5) is 31.9. The molecule has 2 aromatic heterocycles. The number of amides is 1. The Kier molecular flexibility index (Phi) is 4.07. The molecule has 0 aliphatic carbocycles. The number of hydrogen-bond acceptors (Lipinski definition) is 3. The number of hydrogen-bond donors (Lipinski definition) is 1. The maximum Gasteiger partial charge on any atom is 0.270 e. The van der Waals surface area contributed by atoms with Crippen LogP contribution in [0.15, 0.2) is 47.4 Å². The van der Waals surface area contributed by atoms with Crippen LogP contribution in [-0.4, -0.2) is 27.3 Å². The van der Waals surface area contributed by atoms with Gasteiger partial charge in [0.25, 0.3) is 5.91 Å². The first kappa shape index (κ1) is 13.0. The molecular weight excluding hydrogens is 242 g/mol. The highest BCUT2D eigenvalue weighted by molar-refractivity contribution is 5.92. The summed E-state index contributed by atoms with van der Waals surface area (Å²) in [6.45, 7) is 2.86. The monoisotopic (exact) mass is 257 g/mol. The van der Waals surface area contributed by atoms with Gasteiger partial charge in [-0.2, -0.15) is 0 Å². The molecule has 1 N–H and O–H groups in total. The van der Waals surface area contributed by atoms with E-state index < -0.39 is 0 Å². The van der Waals surface area contributed by atoms with Gasteiger partial charge in [-0.3, -0.25) is 14.6 Å². The lowest BCUT2D eigenvalue weighted by molar-refractivity contribution is 0.0744. The van der Waals surface area contributed by atoms with Crippen LogP contribution in [0.1, 0.15) is 23.1 Å². The molecule has 0 aliphatic heterocycles. The number of aromatic nitrogens is 2. The standard InChI is InChI=1S/C14H15N3O2/c1-2-17(10-11-6-3-4-9-15-11)14(19)12-7-5-8-13(18)16-12/h3-9H,2,10H2,1H3,(H,16,18). The van der Waals surface area contributed by atoms with Gasteiger partial charge in [0, 0.05) is 18.8 Å². The summed E-state index contributed by atoms with van der Waals surface area (Å²) in [5.74, 6) is -0.203. The van der Waals surface area contributed by atoms with Crippen molar-refractivity contribution in [3.8, 4) is 0 Å². The van der Waals surface area contributed by atoms with E-state index in [2.05, 4.69) is 9.97 Å². The minimum absolute atomic E-state index is 0.203. The van der Waals surface area contributed by atoms with E-state index in [4.69, 9.17) is 0 Å². The number of nitrogens with one attached hydrogen (secondary N) is 1. The molecule has 0 aliphatic rings. The van der Waals surface area contributed by atoms with Gasteiger partial charge >= 0.3 is 0 Å². The van der Waals surface area contributed by atoms with E-state index >= 15 is 0 Å². The van der Waals surface area contributed by atoms with E-state index in [1.165, 1.54) is 6.07 Å². The predicted octanol–water partition coefficient (Wildman–Crippen LogP) is 1.43. The largest absolute Gasteiger partial charge is 0.332 e. The molecule has 19 heavy (non-hydrogen) atoms. The fourth-order valence-corrected chi connectivity index (χ4v) is 1.76. The van der Waals surface area contributed by atoms with Gasteiger partial charge in [-0.15, -0.1) is 0 Å². The summed E-state index contributed by atoms with van der Waals surface area (Å²) in [7, 11) is 0. The van der Waals surface area contributed by atoms with Crippen LogP contribution in [0.2, 0.25) is 0 Å². The van der Waals surface area contributed by atoms with Crippen molar-refractivity contribution in [3.05, 3.63) is 64.3 Å². The number of pyridine rings is 2. The van der Waals surface area contributed by atoms with Crippen LogP contribution in [0.25, 0.3) is 0 Å².